The number of nitrogens with one attached hydrogen (secondary N) is 1. The van der Waals surface area contributed by atoms with Crippen molar-refractivity contribution in [2.45, 2.75) is 37.1 Å². The molecule has 186 valence electrons. The third kappa shape index (κ3) is 5.13. The number of aryl methyl sites for hydroxylation is 1. The lowest BCUT2D eigenvalue weighted by atomic mass is 9.97. The van der Waals surface area contributed by atoms with Crippen molar-refractivity contribution in [2.24, 2.45) is 5.92 Å². The number of hydrogen-bond acceptors (Lipinski definition) is 6. The van der Waals surface area contributed by atoms with Gasteiger partial charge in [-0.2, -0.15) is 4.31 Å². The highest BCUT2D eigenvalue weighted by Gasteiger charge is 2.32. The van der Waals surface area contributed by atoms with E-state index < -0.39 is 10.0 Å². The molecular formula is C25H30N4O5S. The predicted molar refractivity (Wildman–Crippen MR) is 131 cm³/mol. The predicted octanol–water partition coefficient (Wildman–Crippen LogP) is 2.80. The number of rotatable bonds is 7. The van der Waals surface area contributed by atoms with E-state index in [2.05, 4.69) is 14.9 Å². The van der Waals surface area contributed by atoms with Crippen LogP contribution < -0.4 is 14.8 Å². The fourth-order valence-corrected chi connectivity index (χ4v) is 6.09. The first-order chi connectivity index (χ1) is 17.0. The Balaban J connectivity index is 1.11. The van der Waals surface area contributed by atoms with E-state index in [0.717, 1.165) is 30.4 Å². The summed E-state index contributed by atoms with van der Waals surface area (Å²) in [6, 6.07) is 12.7. The van der Waals surface area contributed by atoms with Crippen molar-refractivity contribution < 1.29 is 22.7 Å². The Labute approximate surface area is 205 Å². The number of para-hydroxylation sites is 2. The number of aromatic nitrogens is 2. The Kier molecular flexibility index (Phi) is 6.92. The van der Waals surface area contributed by atoms with Crippen molar-refractivity contribution in [3.05, 3.63) is 48.8 Å². The van der Waals surface area contributed by atoms with Gasteiger partial charge in [0.05, 0.1) is 35.5 Å². The zero-order valence-electron chi connectivity index (χ0n) is 19.6. The van der Waals surface area contributed by atoms with Crippen LogP contribution in [0, 0.1) is 5.92 Å². The Morgan fingerprint density at radius 2 is 1.83 bits per heavy atom. The normalized spacial score (nSPS) is 17.3. The van der Waals surface area contributed by atoms with Gasteiger partial charge in [-0.25, -0.2) is 13.4 Å². The molecule has 2 aliphatic rings. The van der Waals surface area contributed by atoms with Gasteiger partial charge >= 0.3 is 0 Å². The monoisotopic (exact) mass is 498 g/mol. The topological polar surface area (TPSA) is 103 Å². The van der Waals surface area contributed by atoms with Crippen LogP contribution in [-0.2, 0) is 21.4 Å². The molecule has 9 nitrogen and oxygen atoms in total. The lowest BCUT2D eigenvalue weighted by Gasteiger charge is -2.30. The second-order valence-corrected chi connectivity index (χ2v) is 10.8. The van der Waals surface area contributed by atoms with Crippen molar-refractivity contribution in [1.29, 1.82) is 0 Å². The average molecular weight is 499 g/mol. The van der Waals surface area contributed by atoms with Crippen LogP contribution >= 0.6 is 0 Å². The molecule has 1 saturated heterocycles. The van der Waals surface area contributed by atoms with Gasteiger partial charge in [0.25, 0.3) is 0 Å². The highest BCUT2D eigenvalue weighted by Crippen LogP contribution is 2.33. The van der Waals surface area contributed by atoms with Crippen molar-refractivity contribution in [3.63, 3.8) is 0 Å². The number of fused-ring (bicyclic) bond motifs is 2. The van der Waals surface area contributed by atoms with Gasteiger partial charge in [0.2, 0.25) is 15.9 Å². The molecule has 3 heterocycles. The van der Waals surface area contributed by atoms with Gasteiger partial charge < -0.3 is 19.4 Å². The van der Waals surface area contributed by atoms with Crippen LogP contribution in [0.25, 0.3) is 11.0 Å². The number of ether oxygens (including phenoxy) is 2. The molecule has 0 unspecified atom stereocenters. The van der Waals surface area contributed by atoms with Gasteiger partial charge in [0.1, 0.15) is 0 Å². The summed E-state index contributed by atoms with van der Waals surface area (Å²) in [7, 11) is -3.66. The minimum atomic E-state index is -3.66. The van der Waals surface area contributed by atoms with Gasteiger partial charge in [0, 0.05) is 44.6 Å². The Hall–Kier alpha value is -3.11. The molecule has 1 amide bonds. The molecule has 2 aromatic carbocycles. The van der Waals surface area contributed by atoms with Crippen LogP contribution in [-0.4, -0.2) is 61.0 Å². The quantitative estimate of drug-likeness (QED) is 0.503. The summed E-state index contributed by atoms with van der Waals surface area (Å²) >= 11 is 0. The molecule has 3 aromatic rings. The SMILES string of the molecule is O=C(NCCCn1cnc2ccccc21)C1CCN(S(=O)(=O)c2ccc3c(c2)OCCCO3)CC1. The number of benzene rings is 2. The summed E-state index contributed by atoms with van der Waals surface area (Å²) in [4.78, 5) is 17.2. The average Bonchev–Trinajstić information content (AvgIpc) is 3.14. The summed E-state index contributed by atoms with van der Waals surface area (Å²) in [6.45, 7) is 3.02. The van der Waals surface area contributed by atoms with Crippen molar-refractivity contribution >= 4 is 27.0 Å². The summed E-state index contributed by atoms with van der Waals surface area (Å²) in [5, 5.41) is 3.02. The number of imidazole rings is 1. The van der Waals surface area contributed by atoms with E-state index in [-0.39, 0.29) is 16.7 Å². The van der Waals surface area contributed by atoms with E-state index in [1.165, 1.54) is 10.4 Å². The van der Waals surface area contributed by atoms with E-state index in [1.54, 1.807) is 12.1 Å². The lowest BCUT2D eigenvalue weighted by Crippen LogP contribution is -2.43. The summed E-state index contributed by atoms with van der Waals surface area (Å²) in [6.07, 6.45) is 4.38. The minimum absolute atomic E-state index is 0.00637. The highest BCUT2D eigenvalue weighted by atomic mass is 32.2. The van der Waals surface area contributed by atoms with Crippen LogP contribution in [0.5, 0.6) is 11.5 Å². The highest BCUT2D eigenvalue weighted by molar-refractivity contribution is 7.89. The van der Waals surface area contributed by atoms with Crippen LogP contribution in [0.3, 0.4) is 0 Å². The van der Waals surface area contributed by atoms with Crippen LogP contribution in [0.4, 0.5) is 0 Å². The largest absolute Gasteiger partial charge is 0.490 e. The fraction of sp³-hybridized carbons (Fsp3) is 0.440. The van der Waals surface area contributed by atoms with E-state index in [4.69, 9.17) is 9.47 Å². The number of carbonyl (C=O) groups is 1. The number of amides is 1. The first-order valence-corrected chi connectivity index (χ1v) is 13.5. The van der Waals surface area contributed by atoms with Crippen LogP contribution in [0.2, 0.25) is 0 Å². The lowest BCUT2D eigenvalue weighted by molar-refractivity contribution is -0.126. The number of carbonyl (C=O) groups excluding carboxylic acids is 1. The molecule has 2 aliphatic heterocycles. The van der Waals surface area contributed by atoms with Crippen molar-refractivity contribution in [1.82, 2.24) is 19.2 Å². The second kappa shape index (κ2) is 10.2. The van der Waals surface area contributed by atoms with Crippen LogP contribution in [0.15, 0.2) is 53.7 Å². The Morgan fingerprint density at radius 3 is 2.66 bits per heavy atom. The molecule has 5 rings (SSSR count). The zero-order valence-corrected chi connectivity index (χ0v) is 20.4. The maximum atomic E-state index is 13.2. The van der Waals surface area contributed by atoms with Gasteiger partial charge in [-0.15, -0.1) is 0 Å². The molecule has 0 spiro atoms. The van der Waals surface area contributed by atoms with Gasteiger partial charge in [0.15, 0.2) is 11.5 Å². The molecular weight excluding hydrogens is 468 g/mol. The maximum Gasteiger partial charge on any atom is 0.243 e. The first kappa shape index (κ1) is 23.6. The Morgan fingerprint density at radius 1 is 1.06 bits per heavy atom. The van der Waals surface area contributed by atoms with E-state index in [9.17, 15) is 13.2 Å². The van der Waals surface area contributed by atoms with Gasteiger partial charge in [-0.05, 0) is 43.5 Å². The summed E-state index contributed by atoms with van der Waals surface area (Å²) in [5.74, 6) is 0.840. The fourth-order valence-electron chi connectivity index (χ4n) is 4.61. The van der Waals surface area contributed by atoms with E-state index >= 15 is 0 Å². The zero-order chi connectivity index (χ0) is 24.3. The molecule has 0 saturated carbocycles. The van der Waals surface area contributed by atoms with Crippen molar-refractivity contribution in [2.75, 3.05) is 32.8 Å². The minimum Gasteiger partial charge on any atom is -0.490 e. The molecule has 1 N–H and O–H groups in total. The molecule has 1 fully saturated rings. The van der Waals surface area contributed by atoms with Gasteiger partial charge in [-0.3, -0.25) is 4.79 Å². The molecule has 0 bridgehead atoms. The summed E-state index contributed by atoms with van der Waals surface area (Å²) < 4.78 is 41.1. The number of piperidine rings is 1. The van der Waals surface area contributed by atoms with Crippen molar-refractivity contribution in [3.8, 4) is 11.5 Å². The molecule has 0 atom stereocenters. The van der Waals surface area contributed by atoms with E-state index in [1.807, 2.05) is 30.6 Å². The third-order valence-corrected chi connectivity index (χ3v) is 8.48. The number of hydrogen-bond donors (Lipinski definition) is 1. The van der Waals surface area contributed by atoms with Crippen LogP contribution in [0.1, 0.15) is 25.7 Å². The first-order valence-electron chi connectivity index (χ1n) is 12.1. The smallest absolute Gasteiger partial charge is 0.243 e. The Bertz CT molecular complexity index is 1300. The molecule has 0 aliphatic carbocycles. The van der Waals surface area contributed by atoms with Gasteiger partial charge in [-0.1, -0.05) is 12.1 Å². The number of nitrogens with zero attached hydrogens (tertiary/aromatic N) is 3. The molecule has 35 heavy (non-hydrogen) atoms. The van der Waals surface area contributed by atoms with E-state index in [0.29, 0.717) is 57.2 Å². The molecule has 10 heteroatoms. The second-order valence-electron chi connectivity index (χ2n) is 8.91. The summed E-state index contributed by atoms with van der Waals surface area (Å²) in [5.41, 5.74) is 2.05. The third-order valence-electron chi connectivity index (χ3n) is 6.58. The molecule has 0 radical (unpaired) electrons. The molecule has 1 aromatic heterocycles. The number of sulfonamides is 1. The maximum absolute atomic E-state index is 13.2. The standard InChI is InChI=1S/C25H30N4O5S/c30-25(26-11-3-12-28-18-27-21-5-1-2-6-22(21)28)19-9-13-29(14-10-19)35(31,32)20-7-8-23-24(17-20)34-16-4-15-33-23/h1-2,5-8,17-19H,3-4,9-16H2,(H,26,30).